The van der Waals surface area contributed by atoms with Gasteiger partial charge in [0, 0.05) is 23.2 Å². The van der Waals surface area contributed by atoms with Crippen LogP contribution in [0.1, 0.15) is 22.3 Å². The summed E-state index contributed by atoms with van der Waals surface area (Å²) >= 11 is 0. The fraction of sp³-hybridized carbons (Fsp3) is 0.143. The minimum Gasteiger partial charge on any atom is -0.493 e. The van der Waals surface area contributed by atoms with Crippen LogP contribution in [0.2, 0.25) is 0 Å². The molecule has 39 heavy (non-hydrogen) atoms. The average molecular weight is 511 g/mol. The quantitative estimate of drug-likeness (QED) is 0.197. The Kier molecular flexibility index (Phi) is 7.17. The molecule has 0 fully saturated rings. The van der Waals surface area contributed by atoms with Gasteiger partial charge in [-0.15, -0.1) is 0 Å². The van der Waals surface area contributed by atoms with E-state index >= 15 is 0 Å². The molecule has 4 heteroatoms. The van der Waals surface area contributed by atoms with E-state index in [0.29, 0.717) is 0 Å². The lowest BCUT2D eigenvalue weighted by Crippen LogP contribution is -1.97. The van der Waals surface area contributed by atoms with Crippen molar-refractivity contribution in [3.05, 3.63) is 138 Å². The zero-order valence-electron chi connectivity index (χ0n) is 22.0. The molecule has 4 nitrogen and oxygen atoms in total. The first-order valence-corrected chi connectivity index (χ1v) is 13.4. The molecule has 6 rings (SSSR count). The van der Waals surface area contributed by atoms with Crippen molar-refractivity contribution in [2.45, 2.75) is 25.7 Å². The zero-order chi connectivity index (χ0) is 26.4. The van der Waals surface area contributed by atoms with E-state index in [1.807, 2.05) is 42.7 Å². The van der Waals surface area contributed by atoms with Crippen LogP contribution in [-0.4, -0.2) is 17.1 Å². The Balaban J connectivity index is 1.13. The zero-order valence-corrected chi connectivity index (χ0v) is 22.0. The van der Waals surface area contributed by atoms with E-state index < -0.39 is 0 Å². The van der Waals surface area contributed by atoms with Gasteiger partial charge >= 0.3 is 0 Å². The Morgan fingerprint density at radius 3 is 1.72 bits per heavy atom. The van der Waals surface area contributed by atoms with E-state index in [2.05, 4.69) is 82.8 Å². The smallest absolute Gasteiger partial charge is 0.169 e. The lowest BCUT2D eigenvalue weighted by atomic mass is 10.0. The molecule has 0 spiro atoms. The fourth-order valence-corrected chi connectivity index (χ4v) is 5.11. The first-order valence-electron chi connectivity index (χ1n) is 13.4. The molecular weight excluding hydrogens is 480 g/mol. The third-order valence-electron chi connectivity index (χ3n) is 7.22. The van der Waals surface area contributed by atoms with Gasteiger partial charge in [0.1, 0.15) is 5.75 Å². The highest BCUT2D eigenvalue weighted by Crippen LogP contribution is 2.33. The molecule has 4 aromatic carbocycles. The maximum Gasteiger partial charge on any atom is 0.169 e. The van der Waals surface area contributed by atoms with Gasteiger partial charge in [0.05, 0.1) is 18.1 Å². The molecule has 0 N–H and O–H groups in total. The molecule has 0 aliphatic heterocycles. The molecule has 0 unspecified atom stereocenters. The van der Waals surface area contributed by atoms with Gasteiger partial charge in [0.25, 0.3) is 0 Å². The molecule has 0 radical (unpaired) electrons. The minimum atomic E-state index is 0.724. The van der Waals surface area contributed by atoms with Crippen molar-refractivity contribution in [3.8, 4) is 17.2 Å². The van der Waals surface area contributed by atoms with E-state index in [0.717, 1.165) is 54.0 Å². The second-order valence-electron chi connectivity index (χ2n) is 9.71. The SMILES string of the molecule is COc1ccc(CCc2ccnc3ccccc23)cc1Oc1ccc(CCc2ccnc3ccccc23)cc1. The third kappa shape index (κ3) is 5.60. The molecule has 6 aromatic rings. The number of aromatic nitrogens is 2. The Morgan fingerprint density at radius 2 is 1.10 bits per heavy atom. The van der Waals surface area contributed by atoms with Crippen LogP contribution in [0.15, 0.2) is 116 Å². The van der Waals surface area contributed by atoms with Crippen molar-refractivity contribution in [2.75, 3.05) is 7.11 Å². The number of para-hydroxylation sites is 2. The molecule has 0 amide bonds. The van der Waals surface area contributed by atoms with Crippen LogP contribution in [0, 0.1) is 0 Å². The number of methoxy groups -OCH3 is 1. The van der Waals surface area contributed by atoms with E-state index in [1.54, 1.807) is 7.11 Å². The molecule has 192 valence electrons. The predicted octanol–water partition coefficient (Wildman–Crippen LogP) is 8.15. The van der Waals surface area contributed by atoms with Crippen molar-refractivity contribution in [3.63, 3.8) is 0 Å². The molecule has 0 bridgehead atoms. The van der Waals surface area contributed by atoms with Gasteiger partial charge in [-0.05, 0) is 96.5 Å². The van der Waals surface area contributed by atoms with Gasteiger partial charge in [-0.2, -0.15) is 0 Å². The van der Waals surface area contributed by atoms with Crippen molar-refractivity contribution < 1.29 is 9.47 Å². The van der Waals surface area contributed by atoms with Crippen molar-refractivity contribution in [1.29, 1.82) is 0 Å². The topological polar surface area (TPSA) is 44.2 Å². The van der Waals surface area contributed by atoms with Crippen LogP contribution >= 0.6 is 0 Å². The van der Waals surface area contributed by atoms with Crippen LogP contribution in [0.25, 0.3) is 21.8 Å². The molecule has 0 saturated carbocycles. The molecular formula is C35H30N2O2. The van der Waals surface area contributed by atoms with Crippen LogP contribution in [0.5, 0.6) is 17.2 Å². The van der Waals surface area contributed by atoms with E-state index in [-0.39, 0.29) is 0 Å². The minimum absolute atomic E-state index is 0.724. The predicted molar refractivity (Wildman–Crippen MR) is 158 cm³/mol. The highest BCUT2D eigenvalue weighted by molar-refractivity contribution is 5.82. The number of rotatable bonds is 9. The summed E-state index contributed by atoms with van der Waals surface area (Å²) in [6.07, 6.45) is 7.54. The lowest BCUT2D eigenvalue weighted by molar-refractivity contribution is 0.378. The van der Waals surface area contributed by atoms with Crippen molar-refractivity contribution in [2.24, 2.45) is 0 Å². The summed E-state index contributed by atoms with van der Waals surface area (Å²) in [5, 5.41) is 2.44. The van der Waals surface area contributed by atoms with Crippen molar-refractivity contribution in [1.82, 2.24) is 9.97 Å². The van der Waals surface area contributed by atoms with Crippen LogP contribution in [0.4, 0.5) is 0 Å². The summed E-state index contributed by atoms with van der Waals surface area (Å²) in [4.78, 5) is 8.96. The van der Waals surface area contributed by atoms with Gasteiger partial charge in [-0.3, -0.25) is 9.97 Å². The average Bonchev–Trinajstić information content (AvgIpc) is 3.00. The monoisotopic (exact) mass is 510 g/mol. The number of benzene rings is 4. The number of aryl methyl sites for hydroxylation is 4. The Morgan fingerprint density at radius 1 is 0.538 bits per heavy atom. The van der Waals surface area contributed by atoms with E-state index in [9.17, 15) is 0 Å². The number of ether oxygens (including phenoxy) is 2. The van der Waals surface area contributed by atoms with Gasteiger partial charge in [0.2, 0.25) is 0 Å². The number of pyridine rings is 2. The second kappa shape index (κ2) is 11.4. The van der Waals surface area contributed by atoms with Gasteiger partial charge in [0.15, 0.2) is 11.5 Å². The standard InChI is InChI=1S/C35H30N2O2/c1-38-34-19-14-26(11-16-28-21-23-37-33-9-5-3-7-31(28)33)24-35(34)39-29-17-12-25(13-18-29)10-15-27-20-22-36-32-8-4-2-6-30(27)32/h2-9,12-14,17-24H,10-11,15-16H2,1H3. The summed E-state index contributed by atoms with van der Waals surface area (Å²) < 4.78 is 11.9. The first kappa shape index (κ1) is 24.6. The second-order valence-corrected chi connectivity index (χ2v) is 9.71. The molecule has 0 aliphatic rings. The van der Waals surface area contributed by atoms with Gasteiger partial charge in [-0.1, -0.05) is 54.6 Å². The summed E-state index contributed by atoms with van der Waals surface area (Å²) in [7, 11) is 1.68. The normalized spacial score (nSPS) is 11.1. The number of hydrogen-bond acceptors (Lipinski definition) is 4. The molecule has 2 heterocycles. The molecule has 0 atom stereocenters. The highest BCUT2D eigenvalue weighted by Gasteiger charge is 2.10. The van der Waals surface area contributed by atoms with E-state index in [1.165, 1.54) is 33.0 Å². The van der Waals surface area contributed by atoms with Crippen LogP contribution < -0.4 is 9.47 Å². The fourth-order valence-electron chi connectivity index (χ4n) is 5.11. The van der Waals surface area contributed by atoms with Crippen LogP contribution in [-0.2, 0) is 25.7 Å². The third-order valence-corrected chi connectivity index (χ3v) is 7.22. The van der Waals surface area contributed by atoms with Crippen LogP contribution in [0.3, 0.4) is 0 Å². The first-order chi connectivity index (χ1) is 19.3. The molecule has 2 aromatic heterocycles. The van der Waals surface area contributed by atoms with Crippen molar-refractivity contribution >= 4 is 21.8 Å². The lowest BCUT2D eigenvalue weighted by Gasteiger charge is -2.13. The Bertz CT molecular complexity index is 1720. The Hall–Kier alpha value is -4.70. The summed E-state index contributed by atoms with van der Waals surface area (Å²) in [6, 6.07) is 35.4. The maximum absolute atomic E-state index is 6.30. The highest BCUT2D eigenvalue weighted by atomic mass is 16.5. The Labute approximate surface area is 228 Å². The number of nitrogens with zero attached hydrogens (tertiary/aromatic N) is 2. The summed E-state index contributed by atoms with van der Waals surface area (Å²) in [5.74, 6) is 2.25. The maximum atomic E-state index is 6.30. The molecule has 0 aliphatic carbocycles. The number of hydrogen-bond donors (Lipinski definition) is 0. The van der Waals surface area contributed by atoms with Gasteiger partial charge in [-0.25, -0.2) is 0 Å². The van der Waals surface area contributed by atoms with Gasteiger partial charge < -0.3 is 9.47 Å². The summed E-state index contributed by atoms with van der Waals surface area (Å²) in [6.45, 7) is 0. The van der Waals surface area contributed by atoms with E-state index in [4.69, 9.17) is 9.47 Å². The molecule has 0 saturated heterocycles. The summed E-state index contributed by atoms with van der Waals surface area (Å²) in [5.41, 5.74) is 7.17. The number of fused-ring (bicyclic) bond motifs is 2. The largest absolute Gasteiger partial charge is 0.493 e.